The Bertz CT molecular complexity index is 959. The molecule has 1 aliphatic rings. The van der Waals surface area contributed by atoms with Crippen LogP contribution in [0.4, 0.5) is 5.69 Å². The van der Waals surface area contributed by atoms with Crippen LogP contribution in [0.3, 0.4) is 0 Å². The van der Waals surface area contributed by atoms with Crippen LogP contribution in [0.5, 0.6) is 0 Å². The van der Waals surface area contributed by atoms with E-state index in [-0.39, 0.29) is 28.1 Å². The molecule has 1 aromatic carbocycles. The lowest BCUT2D eigenvalue weighted by atomic mass is 9.76. The van der Waals surface area contributed by atoms with Crippen LogP contribution in [0.15, 0.2) is 18.3 Å². The van der Waals surface area contributed by atoms with E-state index < -0.39 is 23.2 Å². The van der Waals surface area contributed by atoms with Crippen LogP contribution in [0.2, 0.25) is 10.0 Å². The minimum absolute atomic E-state index is 0.101. The molecule has 160 valence electrons. The van der Waals surface area contributed by atoms with Crippen LogP contribution in [0.25, 0.3) is 0 Å². The Morgan fingerprint density at radius 1 is 1.13 bits per heavy atom. The van der Waals surface area contributed by atoms with Gasteiger partial charge in [-0.05, 0) is 39.2 Å². The highest BCUT2D eigenvalue weighted by atomic mass is 35.5. The van der Waals surface area contributed by atoms with Crippen molar-refractivity contribution in [2.45, 2.75) is 65.1 Å². The summed E-state index contributed by atoms with van der Waals surface area (Å²) in [6, 6.07) is 2.57. The van der Waals surface area contributed by atoms with Crippen molar-refractivity contribution < 1.29 is 14.2 Å². The first-order valence-electron chi connectivity index (χ1n) is 9.66. The molecule has 0 spiro atoms. The first-order valence-corrected chi connectivity index (χ1v) is 10.4. The minimum Gasteiger partial charge on any atom is -0.399 e. The van der Waals surface area contributed by atoms with Crippen molar-refractivity contribution in [3.8, 4) is 0 Å². The van der Waals surface area contributed by atoms with E-state index in [2.05, 4.69) is 4.98 Å². The Kier molecular flexibility index (Phi) is 6.17. The van der Waals surface area contributed by atoms with E-state index in [4.69, 9.17) is 37.5 Å². The third-order valence-electron chi connectivity index (χ3n) is 5.62. The van der Waals surface area contributed by atoms with Gasteiger partial charge in [-0.1, -0.05) is 37.0 Å². The molecule has 0 amide bonds. The van der Waals surface area contributed by atoms with Gasteiger partial charge < -0.3 is 9.31 Å². The van der Waals surface area contributed by atoms with Crippen LogP contribution in [0, 0.1) is 10.1 Å². The molecule has 7 nitrogen and oxygen atoms in total. The average molecular weight is 452 g/mol. The maximum Gasteiger partial charge on any atom is 0.498 e. The largest absolute Gasteiger partial charge is 0.498 e. The van der Waals surface area contributed by atoms with Gasteiger partial charge in [-0.25, -0.2) is 9.97 Å². The van der Waals surface area contributed by atoms with E-state index >= 15 is 0 Å². The van der Waals surface area contributed by atoms with Crippen molar-refractivity contribution in [1.29, 1.82) is 0 Å². The SMILES string of the molecule is CC(C)c1nc(Cc2c(Cl)cc([N+](=O)[O-])cc2Cl)ncc1B1OC(C)(C)C(C)(C)O1. The predicted octanol–water partition coefficient (Wildman–Crippen LogP) is 4.71. The number of nitrogens with zero attached hydrogens (tertiary/aromatic N) is 3. The van der Waals surface area contributed by atoms with E-state index in [9.17, 15) is 10.1 Å². The number of hydrogen-bond donors (Lipinski definition) is 0. The molecule has 3 rings (SSSR count). The lowest BCUT2D eigenvalue weighted by Gasteiger charge is -2.32. The number of rotatable bonds is 5. The maximum absolute atomic E-state index is 11.0. The number of nitro benzene ring substituents is 1. The molecule has 1 aliphatic heterocycles. The molecule has 0 unspecified atom stereocenters. The fourth-order valence-corrected chi connectivity index (χ4v) is 3.77. The maximum atomic E-state index is 11.0. The smallest absolute Gasteiger partial charge is 0.399 e. The first-order chi connectivity index (χ1) is 13.8. The molecule has 1 fully saturated rings. The summed E-state index contributed by atoms with van der Waals surface area (Å²) >= 11 is 12.5. The topological polar surface area (TPSA) is 87.4 Å². The van der Waals surface area contributed by atoms with Crippen molar-refractivity contribution in [3.63, 3.8) is 0 Å². The third kappa shape index (κ3) is 4.32. The van der Waals surface area contributed by atoms with Gasteiger partial charge in [0.1, 0.15) is 5.82 Å². The minimum atomic E-state index is -0.562. The summed E-state index contributed by atoms with van der Waals surface area (Å²) in [5.74, 6) is 0.611. The highest BCUT2D eigenvalue weighted by Gasteiger charge is 2.52. The molecule has 0 radical (unpaired) electrons. The Balaban J connectivity index is 1.95. The second-order valence-corrected chi connectivity index (χ2v) is 9.51. The second-order valence-electron chi connectivity index (χ2n) is 8.69. The normalized spacial score (nSPS) is 17.6. The summed E-state index contributed by atoms with van der Waals surface area (Å²) < 4.78 is 12.3. The highest BCUT2D eigenvalue weighted by Crippen LogP contribution is 2.37. The average Bonchev–Trinajstić information content (AvgIpc) is 2.85. The molecule has 0 bridgehead atoms. The van der Waals surface area contributed by atoms with Gasteiger partial charge in [-0.15, -0.1) is 0 Å². The first kappa shape index (κ1) is 22.9. The summed E-state index contributed by atoms with van der Waals surface area (Å²) in [4.78, 5) is 19.7. The van der Waals surface area contributed by atoms with E-state index in [0.717, 1.165) is 11.2 Å². The van der Waals surface area contributed by atoms with Crippen molar-refractivity contribution in [2.75, 3.05) is 0 Å². The molecule has 2 aromatic rings. The Morgan fingerprint density at radius 2 is 1.67 bits per heavy atom. The monoisotopic (exact) mass is 451 g/mol. The van der Waals surface area contributed by atoms with Crippen LogP contribution in [-0.2, 0) is 15.7 Å². The summed E-state index contributed by atoms with van der Waals surface area (Å²) in [6.45, 7) is 12.1. The van der Waals surface area contributed by atoms with E-state index in [1.54, 1.807) is 6.20 Å². The molecular weight excluding hydrogens is 428 g/mol. The summed E-state index contributed by atoms with van der Waals surface area (Å²) in [5.41, 5.74) is 1.05. The van der Waals surface area contributed by atoms with Gasteiger partial charge in [0.15, 0.2) is 0 Å². The molecule has 0 saturated carbocycles. The Hall–Kier alpha value is -1.74. The van der Waals surface area contributed by atoms with Crippen molar-refractivity contribution in [1.82, 2.24) is 9.97 Å². The molecule has 1 aromatic heterocycles. The molecule has 0 aliphatic carbocycles. The zero-order valence-corrected chi connectivity index (χ0v) is 19.3. The van der Waals surface area contributed by atoms with Crippen molar-refractivity contribution in [2.24, 2.45) is 0 Å². The molecule has 10 heteroatoms. The molecule has 0 N–H and O–H groups in total. The van der Waals surface area contributed by atoms with E-state index in [1.165, 1.54) is 12.1 Å². The molecule has 0 atom stereocenters. The third-order valence-corrected chi connectivity index (χ3v) is 6.30. The van der Waals surface area contributed by atoms with Gasteiger partial charge in [0.2, 0.25) is 0 Å². The van der Waals surface area contributed by atoms with E-state index in [0.29, 0.717) is 11.4 Å². The number of non-ortho nitro benzene ring substituents is 1. The van der Waals surface area contributed by atoms with Crippen LogP contribution in [-0.4, -0.2) is 33.2 Å². The Morgan fingerprint density at radius 3 is 2.13 bits per heavy atom. The number of halogens is 2. The zero-order chi connectivity index (χ0) is 22.4. The number of aromatic nitrogens is 2. The van der Waals surface area contributed by atoms with Crippen LogP contribution < -0.4 is 5.46 Å². The highest BCUT2D eigenvalue weighted by molar-refractivity contribution is 6.62. The number of nitro groups is 1. The Labute approximate surface area is 186 Å². The zero-order valence-electron chi connectivity index (χ0n) is 17.8. The molecular formula is C20H24BCl2N3O4. The standard InChI is InChI=1S/C20H24BCl2N3O4/c1-11(2)18-14(21-29-19(3,4)20(5,6)30-21)10-24-17(25-18)9-13-15(22)7-12(26(27)28)8-16(13)23/h7-8,10-11H,9H2,1-6H3. The van der Waals surface area contributed by atoms with Gasteiger partial charge in [0.25, 0.3) is 5.69 Å². The number of benzene rings is 1. The van der Waals surface area contributed by atoms with Gasteiger partial charge in [-0.2, -0.15) is 0 Å². The lowest BCUT2D eigenvalue weighted by molar-refractivity contribution is -0.384. The summed E-state index contributed by atoms with van der Waals surface area (Å²) in [6.07, 6.45) is 1.96. The summed E-state index contributed by atoms with van der Waals surface area (Å²) in [5, 5.41) is 11.4. The lowest BCUT2D eigenvalue weighted by Crippen LogP contribution is -2.41. The van der Waals surface area contributed by atoms with Gasteiger partial charge in [0, 0.05) is 35.9 Å². The fraction of sp³-hybridized carbons (Fsp3) is 0.500. The number of hydrogen-bond acceptors (Lipinski definition) is 6. The molecule has 30 heavy (non-hydrogen) atoms. The fourth-order valence-electron chi connectivity index (χ4n) is 3.16. The van der Waals surface area contributed by atoms with Gasteiger partial charge >= 0.3 is 7.12 Å². The van der Waals surface area contributed by atoms with Gasteiger partial charge in [0.05, 0.1) is 26.2 Å². The second kappa shape index (κ2) is 8.07. The van der Waals surface area contributed by atoms with Crippen LogP contribution >= 0.6 is 23.2 Å². The predicted molar refractivity (Wildman–Crippen MR) is 118 cm³/mol. The molecule has 2 heterocycles. The van der Waals surface area contributed by atoms with Crippen molar-refractivity contribution >= 4 is 41.5 Å². The summed E-state index contributed by atoms with van der Waals surface area (Å²) in [7, 11) is -0.562. The quantitative estimate of drug-likeness (QED) is 0.371. The molecule has 1 saturated heterocycles. The van der Waals surface area contributed by atoms with Crippen molar-refractivity contribution in [3.05, 3.63) is 55.6 Å². The van der Waals surface area contributed by atoms with Crippen LogP contribution in [0.1, 0.15) is 64.5 Å². The van der Waals surface area contributed by atoms with Gasteiger partial charge in [-0.3, -0.25) is 10.1 Å². The van der Waals surface area contributed by atoms with E-state index in [1.807, 2.05) is 41.5 Å².